The van der Waals surface area contributed by atoms with E-state index in [-0.39, 0.29) is 11.2 Å². The molecule has 4 nitrogen and oxygen atoms in total. The van der Waals surface area contributed by atoms with Crippen molar-refractivity contribution in [3.05, 3.63) is 48.4 Å². The maximum absolute atomic E-state index is 12.0. The summed E-state index contributed by atoms with van der Waals surface area (Å²) in [6.45, 7) is 4.68. The van der Waals surface area contributed by atoms with Crippen molar-refractivity contribution in [1.82, 2.24) is 10.3 Å². The number of hydrogen-bond donors (Lipinski definition) is 1. The lowest BCUT2D eigenvalue weighted by Gasteiger charge is -2.23. The third-order valence-electron chi connectivity index (χ3n) is 3.21. The summed E-state index contributed by atoms with van der Waals surface area (Å²) in [5.74, 6) is 1.77. The van der Waals surface area contributed by atoms with E-state index in [0.29, 0.717) is 0 Å². The minimum atomic E-state index is -0.0841. The molecule has 0 bridgehead atoms. The number of nitrogens with zero attached hydrogens (tertiary/aromatic N) is 2. The molecule has 2 aliphatic rings. The van der Waals surface area contributed by atoms with Crippen molar-refractivity contribution in [3.8, 4) is 0 Å². The summed E-state index contributed by atoms with van der Waals surface area (Å²) < 4.78 is 0. The molecule has 5 heteroatoms. The Kier molecular flexibility index (Phi) is 3.29. The zero-order valence-electron chi connectivity index (χ0n) is 10.5. The Balaban J connectivity index is 1.76. The number of carbonyl (C=O) groups is 1. The van der Waals surface area contributed by atoms with Crippen LogP contribution in [0.3, 0.4) is 0 Å². The van der Waals surface area contributed by atoms with E-state index >= 15 is 0 Å². The molecule has 1 saturated heterocycles. The second-order valence-electron chi connectivity index (χ2n) is 4.62. The van der Waals surface area contributed by atoms with E-state index in [0.717, 1.165) is 30.2 Å². The first-order valence-electron chi connectivity index (χ1n) is 6.22. The highest BCUT2D eigenvalue weighted by molar-refractivity contribution is 8.01. The molecule has 1 atom stereocenters. The third kappa shape index (κ3) is 2.51. The first-order valence-corrected chi connectivity index (χ1v) is 7.27. The minimum Gasteiger partial charge on any atom is -0.333 e. The zero-order valence-corrected chi connectivity index (χ0v) is 11.3. The Labute approximate surface area is 116 Å². The van der Waals surface area contributed by atoms with Crippen LogP contribution >= 0.6 is 11.8 Å². The van der Waals surface area contributed by atoms with Crippen molar-refractivity contribution < 1.29 is 4.79 Å². The number of thioether (sulfide) groups is 1. The van der Waals surface area contributed by atoms with Crippen LogP contribution in [0.1, 0.15) is 6.42 Å². The van der Waals surface area contributed by atoms with E-state index < -0.39 is 0 Å². The standard InChI is InChI=1S/C14H15N3OS/c1-10-9-19-13(14(18)16-10)11-5-7-17(8-11)12-4-2-3-6-15-12/h2-4,6,8,13H,1,5,7,9H2,(H,16,18). The fourth-order valence-electron chi connectivity index (χ4n) is 2.29. The minimum absolute atomic E-state index is 0.0513. The normalized spacial score (nSPS) is 23.3. The van der Waals surface area contributed by atoms with Gasteiger partial charge in [0.15, 0.2) is 0 Å². The molecule has 3 rings (SSSR count). The number of hydrogen-bond acceptors (Lipinski definition) is 4. The summed E-state index contributed by atoms with van der Waals surface area (Å²) in [5, 5.41) is 2.75. The van der Waals surface area contributed by atoms with Crippen LogP contribution in [0.15, 0.2) is 48.4 Å². The summed E-state index contributed by atoms with van der Waals surface area (Å²) in [6.07, 6.45) is 4.76. The number of pyridine rings is 1. The van der Waals surface area contributed by atoms with Crippen LogP contribution < -0.4 is 10.2 Å². The Bertz CT molecular complexity index is 541. The second-order valence-corrected chi connectivity index (χ2v) is 5.71. The van der Waals surface area contributed by atoms with Crippen LogP contribution in [-0.4, -0.2) is 28.4 Å². The molecular weight excluding hydrogens is 258 g/mol. The molecule has 2 aliphatic heterocycles. The van der Waals surface area contributed by atoms with Gasteiger partial charge in [-0.05, 0) is 24.1 Å². The van der Waals surface area contributed by atoms with Gasteiger partial charge in [-0.25, -0.2) is 4.98 Å². The lowest BCUT2D eigenvalue weighted by molar-refractivity contribution is -0.119. The van der Waals surface area contributed by atoms with Crippen LogP contribution in [-0.2, 0) is 4.79 Å². The number of amides is 1. The van der Waals surface area contributed by atoms with Crippen molar-refractivity contribution in [3.63, 3.8) is 0 Å². The van der Waals surface area contributed by atoms with E-state index in [2.05, 4.69) is 28.0 Å². The fourth-order valence-corrected chi connectivity index (χ4v) is 3.34. The van der Waals surface area contributed by atoms with Gasteiger partial charge in [-0.15, -0.1) is 11.8 Å². The molecule has 1 N–H and O–H groups in total. The average Bonchev–Trinajstić information content (AvgIpc) is 2.89. The Morgan fingerprint density at radius 2 is 2.37 bits per heavy atom. The molecule has 0 radical (unpaired) electrons. The second kappa shape index (κ2) is 5.09. The summed E-state index contributed by atoms with van der Waals surface area (Å²) in [6, 6.07) is 5.86. The van der Waals surface area contributed by atoms with Crippen molar-refractivity contribution >= 4 is 23.5 Å². The Hall–Kier alpha value is -1.75. The Morgan fingerprint density at radius 3 is 3.11 bits per heavy atom. The van der Waals surface area contributed by atoms with Gasteiger partial charge >= 0.3 is 0 Å². The maximum atomic E-state index is 12.0. The van der Waals surface area contributed by atoms with Gasteiger partial charge in [-0.1, -0.05) is 12.6 Å². The molecular formula is C14H15N3OS. The van der Waals surface area contributed by atoms with Gasteiger partial charge in [-0.2, -0.15) is 0 Å². The number of anilines is 1. The fraction of sp³-hybridized carbons (Fsp3) is 0.286. The van der Waals surface area contributed by atoms with E-state index in [1.165, 1.54) is 5.57 Å². The van der Waals surface area contributed by atoms with E-state index in [1.807, 2.05) is 18.2 Å². The summed E-state index contributed by atoms with van der Waals surface area (Å²) in [4.78, 5) is 18.4. The van der Waals surface area contributed by atoms with Crippen LogP contribution in [0.25, 0.3) is 0 Å². The van der Waals surface area contributed by atoms with Gasteiger partial charge in [-0.3, -0.25) is 4.79 Å². The average molecular weight is 273 g/mol. The number of rotatable bonds is 2. The van der Waals surface area contributed by atoms with Crippen molar-refractivity contribution in [2.45, 2.75) is 11.7 Å². The molecule has 3 heterocycles. The number of carbonyl (C=O) groups excluding carboxylic acids is 1. The predicted molar refractivity (Wildman–Crippen MR) is 77.8 cm³/mol. The first kappa shape index (κ1) is 12.3. The van der Waals surface area contributed by atoms with Gasteiger partial charge in [0.2, 0.25) is 5.91 Å². The molecule has 0 saturated carbocycles. The van der Waals surface area contributed by atoms with Crippen LogP contribution in [0, 0.1) is 0 Å². The van der Waals surface area contributed by atoms with Gasteiger partial charge in [0.1, 0.15) is 11.1 Å². The Morgan fingerprint density at radius 1 is 1.47 bits per heavy atom. The quantitative estimate of drug-likeness (QED) is 0.894. The topological polar surface area (TPSA) is 45.2 Å². The SMILES string of the molecule is C=C1CSC(C2=CN(c3ccccn3)CC2)C(=O)N1. The van der Waals surface area contributed by atoms with E-state index in [4.69, 9.17) is 0 Å². The van der Waals surface area contributed by atoms with Gasteiger partial charge < -0.3 is 10.2 Å². The molecule has 1 aromatic heterocycles. The van der Waals surface area contributed by atoms with Gasteiger partial charge in [0, 0.05) is 30.4 Å². The van der Waals surface area contributed by atoms with Crippen molar-refractivity contribution in [1.29, 1.82) is 0 Å². The molecule has 1 fully saturated rings. The molecule has 98 valence electrons. The number of nitrogens with one attached hydrogen (secondary N) is 1. The largest absolute Gasteiger partial charge is 0.333 e. The summed E-state index contributed by atoms with van der Waals surface area (Å²) >= 11 is 1.65. The molecule has 0 aromatic carbocycles. The molecule has 1 aromatic rings. The van der Waals surface area contributed by atoms with Crippen molar-refractivity contribution in [2.75, 3.05) is 17.2 Å². The van der Waals surface area contributed by atoms with Crippen LogP contribution in [0.2, 0.25) is 0 Å². The highest BCUT2D eigenvalue weighted by Gasteiger charge is 2.30. The molecule has 0 spiro atoms. The lowest BCUT2D eigenvalue weighted by atomic mass is 10.1. The monoisotopic (exact) mass is 273 g/mol. The van der Waals surface area contributed by atoms with Gasteiger partial charge in [0.05, 0.1) is 0 Å². The first-order chi connectivity index (χ1) is 9.24. The summed E-state index contributed by atoms with van der Waals surface area (Å²) in [5.41, 5.74) is 1.96. The highest BCUT2D eigenvalue weighted by atomic mass is 32.2. The molecule has 1 amide bonds. The molecule has 19 heavy (non-hydrogen) atoms. The predicted octanol–water partition coefficient (Wildman–Crippen LogP) is 1.92. The van der Waals surface area contributed by atoms with E-state index in [9.17, 15) is 4.79 Å². The molecule has 0 aliphatic carbocycles. The van der Waals surface area contributed by atoms with Crippen LogP contribution in [0.5, 0.6) is 0 Å². The number of aromatic nitrogens is 1. The van der Waals surface area contributed by atoms with Gasteiger partial charge in [0.25, 0.3) is 0 Å². The highest BCUT2D eigenvalue weighted by Crippen LogP contribution is 2.31. The summed E-state index contributed by atoms with van der Waals surface area (Å²) in [7, 11) is 0. The van der Waals surface area contributed by atoms with E-state index in [1.54, 1.807) is 18.0 Å². The lowest BCUT2D eigenvalue weighted by Crippen LogP contribution is -2.38. The maximum Gasteiger partial charge on any atom is 0.241 e. The van der Waals surface area contributed by atoms with Crippen LogP contribution in [0.4, 0.5) is 5.82 Å². The molecule has 1 unspecified atom stereocenters. The smallest absolute Gasteiger partial charge is 0.241 e. The third-order valence-corrected chi connectivity index (χ3v) is 4.57. The van der Waals surface area contributed by atoms with Crippen molar-refractivity contribution in [2.24, 2.45) is 0 Å². The zero-order chi connectivity index (χ0) is 13.2.